The summed E-state index contributed by atoms with van der Waals surface area (Å²) in [6.45, 7) is 8.05. The summed E-state index contributed by atoms with van der Waals surface area (Å²) in [5.41, 5.74) is 2.93. The molecule has 2 aromatic rings. The maximum Gasteiger partial charge on any atom is 0.311 e. The molecule has 0 radical (unpaired) electrons. The lowest BCUT2D eigenvalue weighted by Gasteiger charge is -2.21. The molecule has 26 heavy (non-hydrogen) atoms. The Hall–Kier alpha value is -2.82. The smallest absolute Gasteiger partial charge is 0.311 e. The van der Waals surface area contributed by atoms with Gasteiger partial charge in [-0.05, 0) is 57.2 Å². The van der Waals surface area contributed by atoms with E-state index in [1.54, 1.807) is 12.1 Å². The van der Waals surface area contributed by atoms with Crippen molar-refractivity contribution in [3.63, 3.8) is 0 Å². The summed E-state index contributed by atoms with van der Waals surface area (Å²) in [6, 6.07) is 14.9. The number of rotatable bonds is 8. The second-order valence-corrected chi connectivity index (χ2v) is 6.05. The molecule has 0 saturated carbocycles. The molecule has 0 saturated heterocycles. The van der Waals surface area contributed by atoms with E-state index in [0.717, 1.165) is 30.0 Å². The molecular formula is C21H26N2O3. The average molecular weight is 354 g/mol. The number of ether oxygens (including phenoxy) is 1. The average Bonchev–Trinajstić information content (AvgIpc) is 2.64. The molecule has 0 unspecified atom stereocenters. The van der Waals surface area contributed by atoms with Crippen LogP contribution in [0, 0.1) is 6.92 Å². The highest BCUT2D eigenvalue weighted by Crippen LogP contribution is 2.18. The number of carbonyl (C=O) groups excluding carboxylic acids is 2. The number of benzene rings is 2. The monoisotopic (exact) mass is 354 g/mol. The van der Waals surface area contributed by atoms with Crippen molar-refractivity contribution in [2.24, 2.45) is 0 Å². The van der Waals surface area contributed by atoms with Crippen LogP contribution in [0.5, 0.6) is 5.75 Å². The first-order chi connectivity index (χ1) is 12.5. The summed E-state index contributed by atoms with van der Waals surface area (Å²) in [7, 11) is 0. The van der Waals surface area contributed by atoms with Crippen LogP contribution in [0.3, 0.4) is 0 Å². The third-order valence-corrected chi connectivity index (χ3v) is 4.09. The molecule has 0 aliphatic carbocycles. The van der Waals surface area contributed by atoms with Crippen LogP contribution in [0.2, 0.25) is 0 Å². The molecule has 2 rings (SSSR count). The van der Waals surface area contributed by atoms with Crippen LogP contribution in [0.1, 0.15) is 32.3 Å². The molecule has 1 amide bonds. The van der Waals surface area contributed by atoms with Crippen LogP contribution in [-0.2, 0) is 9.59 Å². The normalized spacial score (nSPS) is 10.3. The van der Waals surface area contributed by atoms with Crippen molar-refractivity contribution in [1.29, 1.82) is 0 Å². The number of aryl methyl sites for hydroxylation is 1. The highest BCUT2D eigenvalue weighted by Gasteiger charge is 2.10. The van der Waals surface area contributed by atoms with E-state index in [2.05, 4.69) is 24.1 Å². The molecule has 1 N–H and O–H groups in total. The van der Waals surface area contributed by atoms with E-state index in [0.29, 0.717) is 5.75 Å². The largest absolute Gasteiger partial charge is 0.427 e. The Morgan fingerprint density at radius 2 is 1.54 bits per heavy atom. The van der Waals surface area contributed by atoms with Gasteiger partial charge < -0.3 is 15.0 Å². The molecule has 138 valence electrons. The number of hydrogen-bond donors (Lipinski definition) is 1. The van der Waals surface area contributed by atoms with Gasteiger partial charge in [0.05, 0.1) is 6.42 Å². The van der Waals surface area contributed by atoms with Crippen LogP contribution in [0.4, 0.5) is 11.4 Å². The maximum atomic E-state index is 12.0. The zero-order valence-electron chi connectivity index (χ0n) is 15.6. The Labute approximate surface area is 155 Å². The number of hydrogen-bond acceptors (Lipinski definition) is 4. The van der Waals surface area contributed by atoms with Crippen LogP contribution >= 0.6 is 0 Å². The summed E-state index contributed by atoms with van der Waals surface area (Å²) in [6.07, 6.45) is 0.125. The highest BCUT2D eigenvalue weighted by atomic mass is 16.5. The molecule has 0 aromatic heterocycles. The van der Waals surface area contributed by atoms with Crippen LogP contribution in [0.15, 0.2) is 48.5 Å². The number of nitrogens with zero attached hydrogens (tertiary/aromatic N) is 1. The fourth-order valence-electron chi connectivity index (χ4n) is 2.57. The van der Waals surface area contributed by atoms with E-state index in [4.69, 9.17) is 4.74 Å². The van der Waals surface area contributed by atoms with E-state index < -0.39 is 5.97 Å². The van der Waals surface area contributed by atoms with Crippen molar-refractivity contribution >= 4 is 23.3 Å². The maximum absolute atomic E-state index is 12.0. The number of nitrogens with one attached hydrogen (secondary N) is 1. The van der Waals surface area contributed by atoms with Crippen molar-refractivity contribution < 1.29 is 14.3 Å². The van der Waals surface area contributed by atoms with Crippen molar-refractivity contribution in [2.45, 2.75) is 33.6 Å². The summed E-state index contributed by atoms with van der Waals surface area (Å²) < 4.78 is 5.21. The molecule has 0 aliphatic heterocycles. The van der Waals surface area contributed by atoms with Crippen LogP contribution in [-0.4, -0.2) is 25.0 Å². The van der Waals surface area contributed by atoms with Gasteiger partial charge >= 0.3 is 5.97 Å². The lowest BCUT2D eigenvalue weighted by molar-refractivity contribution is -0.135. The van der Waals surface area contributed by atoms with E-state index in [1.165, 1.54) is 0 Å². The first-order valence-electron chi connectivity index (χ1n) is 8.94. The first-order valence-corrected chi connectivity index (χ1v) is 8.94. The van der Waals surface area contributed by atoms with Gasteiger partial charge in [0.2, 0.25) is 5.91 Å². The minimum atomic E-state index is -0.416. The molecule has 0 fully saturated rings. The summed E-state index contributed by atoms with van der Waals surface area (Å²) in [5, 5.41) is 2.81. The van der Waals surface area contributed by atoms with Crippen molar-refractivity contribution in [3.8, 4) is 5.75 Å². The number of esters is 1. The number of amides is 1. The van der Waals surface area contributed by atoms with Crippen LogP contribution < -0.4 is 15.0 Å². The topological polar surface area (TPSA) is 58.6 Å². The van der Waals surface area contributed by atoms with Crippen LogP contribution in [0.25, 0.3) is 0 Å². The minimum Gasteiger partial charge on any atom is -0.427 e. The lowest BCUT2D eigenvalue weighted by atomic mass is 10.2. The summed E-state index contributed by atoms with van der Waals surface area (Å²) >= 11 is 0. The third kappa shape index (κ3) is 5.92. The van der Waals surface area contributed by atoms with Gasteiger partial charge in [-0.3, -0.25) is 9.59 Å². The quantitative estimate of drug-likeness (QED) is 0.571. The highest BCUT2D eigenvalue weighted by molar-refractivity contribution is 5.92. The van der Waals surface area contributed by atoms with Gasteiger partial charge in [-0.25, -0.2) is 0 Å². The van der Waals surface area contributed by atoms with E-state index in [9.17, 15) is 9.59 Å². The Kier molecular flexibility index (Phi) is 7.21. The fourth-order valence-corrected chi connectivity index (χ4v) is 2.57. The SMILES string of the molecule is CCN(CC)c1ccc(NC(=O)CCC(=O)Oc2ccc(C)cc2)cc1. The second kappa shape index (κ2) is 9.61. The lowest BCUT2D eigenvalue weighted by Crippen LogP contribution is -2.21. The van der Waals surface area contributed by atoms with Gasteiger partial charge in [-0.2, -0.15) is 0 Å². The molecule has 0 atom stereocenters. The summed E-state index contributed by atoms with van der Waals surface area (Å²) in [5.74, 6) is -0.129. The van der Waals surface area contributed by atoms with Gasteiger partial charge in [0, 0.05) is 30.9 Å². The number of carbonyl (C=O) groups is 2. The van der Waals surface area contributed by atoms with E-state index >= 15 is 0 Å². The molecule has 5 nitrogen and oxygen atoms in total. The standard InChI is InChI=1S/C21H26N2O3/c1-4-23(5-2)18-10-8-17(9-11-18)22-20(24)14-15-21(25)26-19-12-6-16(3)7-13-19/h6-13H,4-5,14-15H2,1-3H3,(H,22,24). The van der Waals surface area contributed by atoms with Gasteiger partial charge in [-0.1, -0.05) is 17.7 Å². The van der Waals surface area contributed by atoms with Crippen molar-refractivity contribution in [2.75, 3.05) is 23.3 Å². The van der Waals surface area contributed by atoms with Crippen molar-refractivity contribution in [3.05, 3.63) is 54.1 Å². The predicted octanol–water partition coefficient (Wildman–Crippen LogP) is 4.17. The minimum absolute atomic E-state index is 0.0389. The molecule has 0 spiro atoms. The fraction of sp³-hybridized carbons (Fsp3) is 0.333. The molecule has 5 heteroatoms. The van der Waals surface area contributed by atoms with E-state index in [-0.39, 0.29) is 18.7 Å². The van der Waals surface area contributed by atoms with Gasteiger partial charge in [0.15, 0.2) is 0 Å². The van der Waals surface area contributed by atoms with E-state index in [1.807, 2.05) is 43.3 Å². The van der Waals surface area contributed by atoms with Gasteiger partial charge in [0.1, 0.15) is 5.75 Å². The zero-order chi connectivity index (χ0) is 18.9. The Morgan fingerprint density at radius 3 is 2.12 bits per heavy atom. The van der Waals surface area contributed by atoms with Crippen molar-refractivity contribution in [1.82, 2.24) is 0 Å². The Morgan fingerprint density at radius 1 is 0.923 bits per heavy atom. The molecule has 0 bridgehead atoms. The molecular weight excluding hydrogens is 328 g/mol. The zero-order valence-corrected chi connectivity index (χ0v) is 15.6. The second-order valence-electron chi connectivity index (χ2n) is 6.05. The number of anilines is 2. The molecule has 2 aromatic carbocycles. The first kappa shape index (κ1) is 19.5. The summed E-state index contributed by atoms with van der Waals surface area (Å²) in [4.78, 5) is 26.1. The Balaban J connectivity index is 1.79. The van der Waals surface area contributed by atoms with Gasteiger partial charge in [-0.15, -0.1) is 0 Å². The Bertz CT molecular complexity index is 720. The molecule has 0 heterocycles. The molecule has 0 aliphatic rings. The third-order valence-electron chi connectivity index (χ3n) is 4.09. The predicted molar refractivity (Wildman–Crippen MR) is 105 cm³/mol. The van der Waals surface area contributed by atoms with Gasteiger partial charge in [0.25, 0.3) is 0 Å².